The molecule has 0 bridgehead atoms. The average molecular weight is 426 g/mol. The number of halogens is 1. The summed E-state index contributed by atoms with van der Waals surface area (Å²) in [6, 6.07) is 20.5. The van der Waals surface area contributed by atoms with Crippen LogP contribution in [0.5, 0.6) is 0 Å². The van der Waals surface area contributed by atoms with Gasteiger partial charge in [-0.3, -0.25) is 4.40 Å². The second-order valence-electron chi connectivity index (χ2n) is 7.88. The molecule has 0 spiro atoms. The minimum absolute atomic E-state index is 0.0214. The predicted molar refractivity (Wildman–Crippen MR) is 122 cm³/mol. The van der Waals surface area contributed by atoms with Gasteiger partial charge in [0.25, 0.3) is 0 Å². The van der Waals surface area contributed by atoms with Crippen molar-refractivity contribution < 1.29 is 4.39 Å². The second-order valence-corrected chi connectivity index (χ2v) is 7.88. The minimum Gasteiger partial charge on any atom is -0.303 e. The molecular formula is C25H23FN6. The van der Waals surface area contributed by atoms with E-state index in [2.05, 4.69) is 47.6 Å². The van der Waals surface area contributed by atoms with Gasteiger partial charge in [-0.25, -0.2) is 9.07 Å². The first-order chi connectivity index (χ1) is 15.6. The second kappa shape index (κ2) is 8.36. The van der Waals surface area contributed by atoms with Gasteiger partial charge >= 0.3 is 0 Å². The van der Waals surface area contributed by atoms with Crippen molar-refractivity contribution in [2.24, 2.45) is 0 Å². The van der Waals surface area contributed by atoms with Crippen molar-refractivity contribution >= 4 is 5.65 Å². The molecule has 6 nitrogen and oxygen atoms in total. The Kier molecular flexibility index (Phi) is 5.25. The van der Waals surface area contributed by atoms with Gasteiger partial charge in [-0.2, -0.15) is 5.10 Å². The molecule has 0 amide bonds. The summed E-state index contributed by atoms with van der Waals surface area (Å²) in [5, 5.41) is 17.0. The normalized spacial score (nSPS) is 12.3. The highest BCUT2D eigenvalue weighted by Gasteiger charge is 2.17. The van der Waals surface area contributed by atoms with Gasteiger partial charge < -0.3 is 5.32 Å². The van der Waals surface area contributed by atoms with Crippen LogP contribution in [0.1, 0.15) is 29.9 Å². The number of benzene rings is 2. The summed E-state index contributed by atoms with van der Waals surface area (Å²) in [6.07, 6.45) is 3.96. The van der Waals surface area contributed by atoms with Gasteiger partial charge in [0, 0.05) is 30.1 Å². The number of hydrogen-bond acceptors (Lipinski definition) is 4. The third-order valence-electron chi connectivity index (χ3n) is 5.50. The van der Waals surface area contributed by atoms with E-state index in [0.29, 0.717) is 6.54 Å². The third kappa shape index (κ3) is 3.90. The molecule has 5 rings (SSSR count). The quantitative estimate of drug-likeness (QED) is 0.420. The predicted octanol–water partition coefficient (Wildman–Crippen LogP) is 4.88. The number of hydrogen-bond donors (Lipinski definition) is 1. The minimum atomic E-state index is -0.268. The summed E-state index contributed by atoms with van der Waals surface area (Å²) < 4.78 is 17.2. The number of nitrogens with one attached hydrogen (secondary N) is 1. The monoisotopic (exact) mass is 426 g/mol. The van der Waals surface area contributed by atoms with Crippen LogP contribution in [0.15, 0.2) is 79.1 Å². The Morgan fingerprint density at radius 1 is 1.00 bits per heavy atom. The van der Waals surface area contributed by atoms with Gasteiger partial charge in [-0.05, 0) is 56.3 Å². The number of rotatable bonds is 6. The van der Waals surface area contributed by atoms with Crippen molar-refractivity contribution in [2.75, 3.05) is 0 Å². The first kappa shape index (κ1) is 20.1. The number of pyridine rings is 1. The first-order valence-corrected chi connectivity index (χ1v) is 10.5. The fourth-order valence-electron chi connectivity index (χ4n) is 3.81. The lowest BCUT2D eigenvalue weighted by Crippen LogP contribution is -2.20. The van der Waals surface area contributed by atoms with Crippen molar-refractivity contribution in [3.63, 3.8) is 0 Å². The standard InChI is InChI=1S/C25H23FN6/c1-17-6-5-7-19(14-17)24-20(16-32(30-24)22-11-9-21(26)10-12-22)15-27-18(2)25-29-28-23-8-3-4-13-31(23)25/h3-14,16,18,27H,15H2,1-2H3. The third-order valence-corrected chi connectivity index (χ3v) is 5.50. The van der Waals surface area contributed by atoms with Crippen molar-refractivity contribution in [2.45, 2.75) is 26.4 Å². The molecule has 2 aromatic carbocycles. The van der Waals surface area contributed by atoms with Crippen molar-refractivity contribution in [3.05, 3.63) is 102 Å². The Balaban J connectivity index is 1.47. The van der Waals surface area contributed by atoms with E-state index in [1.807, 2.05) is 41.1 Å². The Morgan fingerprint density at radius 2 is 1.84 bits per heavy atom. The maximum Gasteiger partial charge on any atom is 0.160 e. The molecule has 1 unspecified atom stereocenters. The number of aryl methyl sites for hydroxylation is 1. The van der Waals surface area contributed by atoms with Gasteiger partial charge in [0.1, 0.15) is 5.82 Å². The van der Waals surface area contributed by atoms with Gasteiger partial charge in [-0.15, -0.1) is 10.2 Å². The molecule has 0 saturated heterocycles. The van der Waals surface area contributed by atoms with E-state index in [4.69, 9.17) is 5.10 Å². The molecule has 0 aliphatic heterocycles. The topological polar surface area (TPSA) is 60.0 Å². The fourth-order valence-corrected chi connectivity index (χ4v) is 3.81. The van der Waals surface area contributed by atoms with Gasteiger partial charge in [0.15, 0.2) is 11.5 Å². The molecule has 160 valence electrons. The largest absolute Gasteiger partial charge is 0.303 e. The highest BCUT2D eigenvalue weighted by atomic mass is 19.1. The summed E-state index contributed by atoms with van der Waals surface area (Å²) in [7, 11) is 0. The zero-order valence-electron chi connectivity index (χ0n) is 17.9. The Bertz CT molecular complexity index is 1370. The molecule has 7 heteroatoms. The lowest BCUT2D eigenvalue weighted by molar-refractivity contribution is 0.542. The molecule has 1 atom stereocenters. The Labute approximate surface area is 185 Å². The maximum absolute atomic E-state index is 13.4. The van der Waals surface area contributed by atoms with Crippen LogP contribution < -0.4 is 5.32 Å². The average Bonchev–Trinajstić information content (AvgIpc) is 3.43. The summed E-state index contributed by atoms with van der Waals surface area (Å²) in [6.45, 7) is 4.73. The summed E-state index contributed by atoms with van der Waals surface area (Å²) in [5.74, 6) is 0.583. The molecule has 3 aromatic heterocycles. The molecule has 3 heterocycles. The van der Waals surface area contributed by atoms with Crippen LogP contribution in [-0.2, 0) is 6.54 Å². The first-order valence-electron chi connectivity index (χ1n) is 10.5. The van der Waals surface area contributed by atoms with E-state index in [1.54, 1.807) is 16.8 Å². The highest BCUT2D eigenvalue weighted by molar-refractivity contribution is 5.64. The van der Waals surface area contributed by atoms with Crippen LogP contribution in [0.25, 0.3) is 22.6 Å². The zero-order valence-corrected chi connectivity index (χ0v) is 17.9. The van der Waals surface area contributed by atoms with Crippen LogP contribution >= 0.6 is 0 Å². The van der Waals surface area contributed by atoms with Crippen molar-refractivity contribution in [1.82, 2.24) is 29.7 Å². The molecule has 5 aromatic rings. The molecule has 32 heavy (non-hydrogen) atoms. The molecule has 0 radical (unpaired) electrons. The molecule has 0 saturated carbocycles. The highest BCUT2D eigenvalue weighted by Crippen LogP contribution is 2.25. The molecule has 0 aliphatic rings. The fraction of sp³-hybridized carbons (Fsp3) is 0.160. The number of fused-ring (bicyclic) bond motifs is 1. The van der Waals surface area contributed by atoms with E-state index in [0.717, 1.165) is 34.0 Å². The number of aromatic nitrogens is 5. The van der Waals surface area contributed by atoms with E-state index in [1.165, 1.54) is 17.7 Å². The maximum atomic E-state index is 13.4. The van der Waals surface area contributed by atoms with Crippen LogP contribution in [0.2, 0.25) is 0 Å². The smallest absolute Gasteiger partial charge is 0.160 e. The van der Waals surface area contributed by atoms with Gasteiger partial charge in [0.2, 0.25) is 0 Å². The van der Waals surface area contributed by atoms with E-state index in [-0.39, 0.29) is 11.9 Å². The summed E-state index contributed by atoms with van der Waals surface area (Å²) >= 11 is 0. The zero-order chi connectivity index (χ0) is 22.1. The Hall–Kier alpha value is -3.84. The molecule has 0 aliphatic carbocycles. The van der Waals surface area contributed by atoms with E-state index in [9.17, 15) is 4.39 Å². The number of nitrogens with zero attached hydrogens (tertiary/aromatic N) is 5. The van der Waals surface area contributed by atoms with Gasteiger partial charge in [-0.1, -0.05) is 29.8 Å². The summed E-state index contributed by atoms with van der Waals surface area (Å²) in [4.78, 5) is 0. The van der Waals surface area contributed by atoms with Crippen LogP contribution in [0.4, 0.5) is 4.39 Å². The van der Waals surface area contributed by atoms with Crippen LogP contribution in [0.3, 0.4) is 0 Å². The molecule has 1 N–H and O–H groups in total. The van der Waals surface area contributed by atoms with Crippen LogP contribution in [0, 0.1) is 12.7 Å². The van der Waals surface area contributed by atoms with Crippen LogP contribution in [-0.4, -0.2) is 24.4 Å². The van der Waals surface area contributed by atoms with Crippen molar-refractivity contribution in [1.29, 1.82) is 0 Å². The lowest BCUT2D eigenvalue weighted by Gasteiger charge is -2.12. The molecular weight excluding hydrogens is 403 g/mol. The lowest BCUT2D eigenvalue weighted by atomic mass is 10.1. The SMILES string of the molecule is Cc1cccc(-c2nn(-c3ccc(F)cc3)cc2CNC(C)c2nnc3ccccn23)c1. The van der Waals surface area contributed by atoms with E-state index < -0.39 is 0 Å². The van der Waals surface area contributed by atoms with E-state index >= 15 is 0 Å². The molecule has 0 fully saturated rings. The van der Waals surface area contributed by atoms with Gasteiger partial charge in [0.05, 0.1) is 17.4 Å². The summed E-state index contributed by atoms with van der Waals surface area (Å²) in [5.41, 5.74) is 5.78. The Morgan fingerprint density at radius 3 is 2.66 bits per heavy atom. The van der Waals surface area contributed by atoms with Crippen molar-refractivity contribution in [3.8, 4) is 16.9 Å².